The highest BCUT2D eigenvalue weighted by molar-refractivity contribution is 5.89. The smallest absolute Gasteiger partial charge is 0.142 e. The highest BCUT2D eigenvalue weighted by Crippen LogP contribution is 2.70. The summed E-state index contributed by atoms with van der Waals surface area (Å²) in [5.41, 5.74) is 0.922. The van der Waals surface area contributed by atoms with Crippen molar-refractivity contribution in [1.82, 2.24) is 0 Å². The second kappa shape index (κ2) is 3.24. The van der Waals surface area contributed by atoms with Gasteiger partial charge in [0.25, 0.3) is 0 Å². The molecule has 0 radical (unpaired) electrons. The quantitative estimate of drug-likeness (QED) is 0.708. The van der Waals surface area contributed by atoms with E-state index in [0.717, 1.165) is 25.7 Å². The van der Waals surface area contributed by atoms with Gasteiger partial charge in [-0.3, -0.25) is 4.79 Å². The van der Waals surface area contributed by atoms with E-state index in [0.29, 0.717) is 17.8 Å². The van der Waals surface area contributed by atoms with Crippen LogP contribution in [0.4, 0.5) is 0 Å². The maximum atomic E-state index is 12.5. The lowest BCUT2D eigenvalue weighted by Crippen LogP contribution is -2.47. The van der Waals surface area contributed by atoms with Crippen molar-refractivity contribution in [2.45, 2.75) is 50.2 Å². The molecule has 0 unspecified atom stereocenters. The van der Waals surface area contributed by atoms with Crippen LogP contribution in [0.5, 0.6) is 0 Å². The van der Waals surface area contributed by atoms with E-state index >= 15 is 0 Å². The largest absolute Gasteiger partial charge is 0.365 e. The van der Waals surface area contributed by atoms with Gasteiger partial charge in [0.05, 0.1) is 11.5 Å². The second-order valence-electron chi connectivity index (χ2n) is 6.17. The zero-order valence-corrected chi connectivity index (χ0v) is 10.7. The van der Waals surface area contributed by atoms with Gasteiger partial charge in [-0.2, -0.15) is 0 Å². The maximum absolute atomic E-state index is 12.5. The van der Waals surface area contributed by atoms with Crippen LogP contribution in [-0.4, -0.2) is 17.5 Å². The number of carbonyl (C=O) groups is 1. The number of rotatable bonds is 1. The van der Waals surface area contributed by atoms with Gasteiger partial charge in [0.2, 0.25) is 0 Å². The Kier molecular flexibility index (Phi) is 1.93. The molecule has 4 rings (SSSR count). The molecule has 1 aromatic rings. The molecule has 2 aliphatic carbocycles. The molecule has 1 heterocycles. The van der Waals surface area contributed by atoms with Crippen molar-refractivity contribution in [3.8, 4) is 0 Å². The third kappa shape index (κ3) is 1.06. The van der Waals surface area contributed by atoms with Crippen LogP contribution in [-0.2, 0) is 9.53 Å². The summed E-state index contributed by atoms with van der Waals surface area (Å²) in [6, 6.07) is 10.5. The minimum Gasteiger partial charge on any atom is -0.365 e. The predicted octanol–water partition coefficient (Wildman–Crippen LogP) is 3.07. The predicted molar refractivity (Wildman–Crippen MR) is 68.4 cm³/mol. The third-order valence-corrected chi connectivity index (χ3v) is 5.57. The zero-order chi connectivity index (χ0) is 12.4. The number of ether oxygens (including phenoxy) is 1. The topological polar surface area (TPSA) is 29.6 Å². The molecule has 2 heteroatoms. The van der Waals surface area contributed by atoms with Gasteiger partial charge >= 0.3 is 0 Å². The summed E-state index contributed by atoms with van der Waals surface area (Å²) in [5, 5.41) is 0. The van der Waals surface area contributed by atoms with Gasteiger partial charge < -0.3 is 4.74 Å². The minimum absolute atomic E-state index is 0.108. The van der Waals surface area contributed by atoms with Crippen LogP contribution in [0.3, 0.4) is 0 Å². The number of Topliss-reactive ketones (excluding diaryl/α,β-unsaturated/α-hetero) is 1. The van der Waals surface area contributed by atoms with E-state index in [9.17, 15) is 4.79 Å². The lowest BCUT2D eigenvalue weighted by molar-refractivity contribution is -0.136. The number of carbonyl (C=O) groups excluding carboxylic acids is 1. The summed E-state index contributed by atoms with van der Waals surface area (Å²) in [7, 11) is 0. The first-order chi connectivity index (χ1) is 8.68. The molecule has 1 aliphatic heterocycles. The Labute approximate surface area is 107 Å². The van der Waals surface area contributed by atoms with E-state index in [2.05, 4.69) is 31.2 Å². The van der Waals surface area contributed by atoms with E-state index in [4.69, 9.17) is 4.74 Å². The lowest BCUT2D eigenvalue weighted by atomic mass is 9.62. The molecule has 94 valence electrons. The third-order valence-electron chi connectivity index (χ3n) is 5.57. The van der Waals surface area contributed by atoms with Gasteiger partial charge in [0.1, 0.15) is 11.4 Å². The summed E-state index contributed by atoms with van der Waals surface area (Å²) < 4.78 is 5.95. The average Bonchev–Trinajstić information content (AvgIpc) is 3.02. The Morgan fingerprint density at radius 2 is 2.06 bits per heavy atom. The highest BCUT2D eigenvalue weighted by atomic mass is 16.6. The first-order valence-electron chi connectivity index (χ1n) is 6.94. The first-order valence-corrected chi connectivity index (χ1v) is 6.94. The van der Waals surface area contributed by atoms with Crippen molar-refractivity contribution in [3.05, 3.63) is 35.9 Å². The number of hydrogen-bond donors (Lipinski definition) is 0. The van der Waals surface area contributed by atoms with Gasteiger partial charge in [-0.1, -0.05) is 30.3 Å². The Morgan fingerprint density at radius 1 is 1.28 bits per heavy atom. The molecule has 3 fully saturated rings. The number of ketones is 1. The van der Waals surface area contributed by atoms with Crippen molar-refractivity contribution in [1.29, 1.82) is 0 Å². The van der Waals surface area contributed by atoms with E-state index in [-0.39, 0.29) is 11.0 Å². The molecular weight excluding hydrogens is 224 g/mol. The van der Waals surface area contributed by atoms with Crippen LogP contribution >= 0.6 is 0 Å². The Hall–Kier alpha value is -1.15. The van der Waals surface area contributed by atoms with Crippen molar-refractivity contribution in [2.75, 3.05) is 0 Å². The van der Waals surface area contributed by atoms with Gasteiger partial charge in [0, 0.05) is 12.3 Å². The van der Waals surface area contributed by atoms with E-state index in [1.807, 2.05) is 6.07 Å². The molecule has 18 heavy (non-hydrogen) atoms. The van der Waals surface area contributed by atoms with E-state index in [1.165, 1.54) is 5.56 Å². The Morgan fingerprint density at radius 3 is 2.83 bits per heavy atom. The van der Waals surface area contributed by atoms with Gasteiger partial charge in [-0.25, -0.2) is 0 Å². The molecular formula is C16H18O2. The molecule has 1 aromatic carbocycles. The standard InChI is InChI=1S/C16H18O2/c1-15-12(11-6-3-2-4-7-11)10-14-16(15,18-14)9-5-8-13(15)17/h2-4,6-7,12,14H,5,8-10H2,1H3/t12-,14-,15+,16-/m0/s1. The summed E-state index contributed by atoms with van der Waals surface area (Å²) >= 11 is 0. The molecule has 0 amide bonds. The molecule has 1 saturated heterocycles. The van der Waals surface area contributed by atoms with Gasteiger partial charge in [-0.15, -0.1) is 0 Å². The van der Waals surface area contributed by atoms with Crippen LogP contribution in [0.2, 0.25) is 0 Å². The molecule has 0 bridgehead atoms. The fourth-order valence-corrected chi connectivity index (χ4v) is 4.50. The molecule has 4 atom stereocenters. The zero-order valence-electron chi connectivity index (χ0n) is 10.7. The van der Waals surface area contributed by atoms with Crippen LogP contribution < -0.4 is 0 Å². The van der Waals surface area contributed by atoms with Crippen LogP contribution in [0, 0.1) is 5.41 Å². The van der Waals surface area contributed by atoms with Crippen molar-refractivity contribution in [3.63, 3.8) is 0 Å². The van der Waals surface area contributed by atoms with E-state index < -0.39 is 0 Å². The molecule has 0 N–H and O–H groups in total. The summed E-state index contributed by atoms with van der Waals surface area (Å²) in [6.45, 7) is 2.15. The number of epoxide rings is 1. The Balaban J connectivity index is 1.81. The molecule has 1 spiro atoms. The van der Waals surface area contributed by atoms with E-state index in [1.54, 1.807) is 0 Å². The molecule has 0 aromatic heterocycles. The second-order valence-corrected chi connectivity index (χ2v) is 6.17. The average molecular weight is 242 g/mol. The van der Waals surface area contributed by atoms with Crippen molar-refractivity contribution >= 4 is 5.78 Å². The summed E-state index contributed by atoms with van der Waals surface area (Å²) in [6.07, 6.45) is 4.16. The maximum Gasteiger partial charge on any atom is 0.142 e. The minimum atomic E-state index is -0.280. The fraction of sp³-hybridized carbons (Fsp3) is 0.562. The highest BCUT2D eigenvalue weighted by Gasteiger charge is 2.77. The van der Waals surface area contributed by atoms with Crippen molar-refractivity contribution < 1.29 is 9.53 Å². The normalized spacial score (nSPS) is 45.5. The molecule has 3 aliphatic rings. The van der Waals surface area contributed by atoms with Gasteiger partial charge in [-0.05, 0) is 31.7 Å². The van der Waals surface area contributed by atoms with Crippen molar-refractivity contribution in [2.24, 2.45) is 5.41 Å². The summed E-state index contributed by atoms with van der Waals surface area (Å²) in [4.78, 5) is 12.5. The summed E-state index contributed by atoms with van der Waals surface area (Å²) in [5.74, 6) is 0.771. The van der Waals surface area contributed by atoms with Gasteiger partial charge in [0.15, 0.2) is 0 Å². The monoisotopic (exact) mass is 242 g/mol. The number of benzene rings is 1. The van der Waals surface area contributed by atoms with Crippen LogP contribution in [0.25, 0.3) is 0 Å². The fourth-order valence-electron chi connectivity index (χ4n) is 4.50. The molecule has 2 nitrogen and oxygen atoms in total. The Bertz CT molecular complexity index is 509. The first kappa shape index (κ1) is 10.7. The SMILES string of the molecule is C[C@@]12C(=O)CCC[C@@]13O[C@H]3C[C@H]2c1ccccc1. The number of hydrogen-bond acceptors (Lipinski definition) is 2. The molecule has 2 saturated carbocycles. The lowest BCUT2D eigenvalue weighted by Gasteiger charge is -2.40. The van der Waals surface area contributed by atoms with Crippen LogP contribution in [0.1, 0.15) is 44.1 Å². The van der Waals surface area contributed by atoms with Crippen LogP contribution in [0.15, 0.2) is 30.3 Å².